The van der Waals surface area contributed by atoms with Crippen LogP contribution >= 0.6 is 11.6 Å². The maximum absolute atomic E-state index is 6.12. The smallest absolute Gasteiger partial charge is 0.139 e. The molecule has 2 rings (SSSR count). The molecule has 0 aliphatic heterocycles. The number of nitrogens with zero attached hydrogens (tertiary/aromatic N) is 2. The van der Waals surface area contributed by atoms with Crippen LogP contribution in [-0.2, 0) is 13.5 Å². The van der Waals surface area contributed by atoms with Gasteiger partial charge in [0.15, 0.2) is 0 Å². The predicted octanol–water partition coefficient (Wildman–Crippen LogP) is 2.25. The van der Waals surface area contributed by atoms with Gasteiger partial charge in [-0.1, -0.05) is 11.6 Å². The number of hydrogen-bond donors (Lipinski definition) is 1. The summed E-state index contributed by atoms with van der Waals surface area (Å²) in [6.45, 7) is 0.613. The summed E-state index contributed by atoms with van der Waals surface area (Å²) in [4.78, 5) is 4.41. The van der Waals surface area contributed by atoms with Crippen LogP contribution in [0.2, 0.25) is 5.02 Å². The molecule has 0 saturated carbocycles. The average molecular weight is 266 g/mol. The van der Waals surface area contributed by atoms with Crippen LogP contribution in [-0.4, -0.2) is 23.2 Å². The Morgan fingerprint density at radius 3 is 2.83 bits per heavy atom. The normalized spacial score (nSPS) is 10.7. The van der Waals surface area contributed by atoms with E-state index in [1.54, 1.807) is 7.11 Å². The fourth-order valence-corrected chi connectivity index (χ4v) is 2.16. The van der Waals surface area contributed by atoms with Crippen LogP contribution in [0.15, 0.2) is 24.4 Å². The molecule has 0 radical (unpaired) electrons. The van der Waals surface area contributed by atoms with Crippen molar-refractivity contribution in [3.63, 3.8) is 0 Å². The van der Waals surface area contributed by atoms with Gasteiger partial charge in [0.05, 0.1) is 12.1 Å². The standard InChI is InChI=1S/C13H16ClN3O/c1-17-10(5-6-15)8-16-13(17)9-3-4-12(18-2)11(14)7-9/h3-4,7-8H,5-6,15H2,1-2H3. The van der Waals surface area contributed by atoms with Gasteiger partial charge in [0.2, 0.25) is 0 Å². The summed E-state index contributed by atoms with van der Waals surface area (Å²) in [7, 11) is 3.58. The van der Waals surface area contributed by atoms with Crippen LogP contribution in [0.1, 0.15) is 5.69 Å². The SMILES string of the molecule is COc1ccc(-c2ncc(CCN)n2C)cc1Cl. The van der Waals surface area contributed by atoms with E-state index in [0.29, 0.717) is 17.3 Å². The topological polar surface area (TPSA) is 53.1 Å². The second-order valence-corrected chi connectivity index (χ2v) is 4.43. The molecule has 96 valence electrons. The van der Waals surface area contributed by atoms with E-state index in [1.165, 1.54) is 0 Å². The summed E-state index contributed by atoms with van der Waals surface area (Å²) in [5.74, 6) is 1.54. The summed E-state index contributed by atoms with van der Waals surface area (Å²) < 4.78 is 7.17. The molecule has 0 saturated heterocycles. The highest BCUT2D eigenvalue weighted by Crippen LogP contribution is 2.29. The number of methoxy groups -OCH3 is 1. The second-order valence-electron chi connectivity index (χ2n) is 4.02. The Bertz CT molecular complexity index is 551. The minimum Gasteiger partial charge on any atom is -0.495 e. The van der Waals surface area contributed by atoms with Gasteiger partial charge in [-0.3, -0.25) is 0 Å². The van der Waals surface area contributed by atoms with E-state index in [-0.39, 0.29) is 0 Å². The number of benzene rings is 1. The summed E-state index contributed by atoms with van der Waals surface area (Å²) >= 11 is 6.12. The van der Waals surface area contributed by atoms with E-state index in [2.05, 4.69) is 4.98 Å². The van der Waals surface area contributed by atoms with Crippen molar-refractivity contribution in [3.05, 3.63) is 35.1 Å². The number of ether oxygens (including phenoxy) is 1. The molecule has 0 bridgehead atoms. The van der Waals surface area contributed by atoms with Gasteiger partial charge in [-0.25, -0.2) is 4.98 Å². The molecular weight excluding hydrogens is 250 g/mol. The highest BCUT2D eigenvalue weighted by atomic mass is 35.5. The molecule has 1 aromatic heterocycles. The molecule has 0 unspecified atom stereocenters. The van der Waals surface area contributed by atoms with Crippen molar-refractivity contribution in [1.82, 2.24) is 9.55 Å². The lowest BCUT2D eigenvalue weighted by atomic mass is 10.2. The van der Waals surface area contributed by atoms with Gasteiger partial charge in [-0.05, 0) is 24.7 Å². The molecule has 18 heavy (non-hydrogen) atoms. The van der Waals surface area contributed by atoms with Crippen molar-refractivity contribution >= 4 is 11.6 Å². The van der Waals surface area contributed by atoms with Gasteiger partial charge in [0.1, 0.15) is 11.6 Å². The number of aromatic nitrogens is 2. The summed E-state index contributed by atoms with van der Waals surface area (Å²) in [5, 5.41) is 0.582. The van der Waals surface area contributed by atoms with Gasteiger partial charge >= 0.3 is 0 Å². The summed E-state index contributed by atoms with van der Waals surface area (Å²) in [6.07, 6.45) is 2.66. The van der Waals surface area contributed by atoms with Crippen LogP contribution in [0.5, 0.6) is 5.75 Å². The van der Waals surface area contributed by atoms with Crippen molar-refractivity contribution in [1.29, 1.82) is 0 Å². The second kappa shape index (κ2) is 5.42. The van der Waals surface area contributed by atoms with Crippen molar-refractivity contribution in [2.24, 2.45) is 12.8 Å². The Morgan fingerprint density at radius 1 is 1.44 bits per heavy atom. The molecule has 0 amide bonds. The van der Waals surface area contributed by atoms with Crippen LogP contribution in [0.3, 0.4) is 0 Å². The van der Waals surface area contributed by atoms with E-state index in [4.69, 9.17) is 22.1 Å². The number of rotatable bonds is 4. The first-order chi connectivity index (χ1) is 8.67. The van der Waals surface area contributed by atoms with Crippen LogP contribution in [0.4, 0.5) is 0 Å². The summed E-state index contributed by atoms with van der Waals surface area (Å²) in [6, 6.07) is 5.64. The van der Waals surface area contributed by atoms with E-state index in [9.17, 15) is 0 Å². The molecule has 0 fully saturated rings. The fourth-order valence-electron chi connectivity index (χ4n) is 1.90. The number of imidazole rings is 1. The minimum atomic E-state index is 0.582. The fraction of sp³-hybridized carbons (Fsp3) is 0.308. The average Bonchev–Trinajstić information content (AvgIpc) is 2.72. The first-order valence-electron chi connectivity index (χ1n) is 5.72. The van der Waals surface area contributed by atoms with Crippen molar-refractivity contribution < 1.29 is 4.74 Å². The molecule has 2 N–H and O–H groups in total. The molecule has 2 aromatic rings. The number of hydrogen-bond acceptors (Lipinski definition) is 3. The van der Waals surface area contributed by atoms with E-state index < -0.39 is 0 Å². The van der Waals surface area contributed by atoms with Gasteiger partial charge < -0.3 is 15.0 Å². The zero-order chi connectivity index (χ0) is 13.1. The molecule has 1 aromatic carbocycles. The molecule has 0 aliphatic carbocycles. The molecule has 0 aliphatic rings. The predicted molar refractivity (Wildman–Crippen MR) is 73.0 cm³/mol. The number of halogens is 1. The van der Waals surface area contributed by atoms with Crippen molar-refractivity contribution in [2.75, 3.05) is 13.7 Å². The van der Waals surface area contributed by atoms with E-state index >= 15 is 0 Å². The lowest BCUT2D eigenvalue weighted by Crippen LogP contribution is -2.07. The van der Waals surface area contributed by atoms with Crippen LogP contribution in [0, 0.1) is 0 Å². The van der Waals surface area contributed by atoms with Crippen LogP contribution < -0.4 is 10.5 Å². The maximum Gasteiger partial charge on any atom is 0.139 e. The Kier molecular flexibility index (Phi) is 3.89. The monoisotopic (exact) mass is 265 g/mol. The van der Waals surface area contributed by atoms with E-state index in [1.807, 2.05) is 36.0 Å². The zero-order valence-electron chi connectivity index (χ0n) is 10.5. The molecule has 0 spiro atoms. The Balaban J connectivity index is 2.39. The maximum atomic E-state index is 6.12. The number of nitrogens with two attached hydrogens (primary N) is 1. The van der Waals surface area contributed by atoms with Crippen molar-refractivity contribution in [2.45, 2.75) is 6.42 Å². The molecule has 1 heterocycles. The Morgan fingerprint density at radius 2 is 2.22 bits per heavy atom. The van der Waals surface area contributed by atoms with Crippen molar-refractivity contribution in [3.8, 4) is 17.1 Å². The quantitative estimate of drug-likeness (QED) is 0.923. The van der Waals surface area contributed by atoms with Gasteiger partial charge in [0, 0.05) is 30.9 Å². The van der Waals surface area contributed by atoms with Gasteiger partial charge in [-0.2, -0.15) is 0 Å². The third-order valence-corrected chi connectivity index (χ3v) is 3.19. The Labute approximate surface area is 111 Å². The lowest BCUT2D eigenvalue weighted by Gasteiger charge is -2.07. The largest absolute Gasteiger partial charge is 0.495 e. The minimum absolute atomic E-state index is 0.582. The molecule has 5 heteroatoms. The molecule has 4 nitrogen and oxygen atoms in total. The van der Waals surface area contributed by atoms with Gasteiger partial charge in [0.25, 0.3) is 0 Å². The van der Waals surface area contributed by atoms with Gasteiger partial charge in [-0.15, -0.1) is 0 Å². The lowest BCUT2D eigenvalue weighted by molar-refractivity contribution is 0.415. The molecular formula is C13H16ClN3O. The first-order valence-corrected chi connectivity index (χ1v) is 6.09. The molecule has 0 atom stereocenters. The first kappa shape index (κ1) is 12.9. The van der Waals surface area contributed by atoms with E-state index in [0.717, 1.165) is 23.5 Å². The third kappa shape index (κ3) is 2.35. The zero-order valence-corrected chi connectivity index (χ0v) is 11.2. The highest BCUT2D eigenvalue weighted by molar-refractivity contribution is 6.32. The third-order valence-electron chi connectivity index (χ3n) is 2.89. The highest BCUT2D eigenvalue weighted by Gasteiger charge is 2.10. The van der Waals surface area contributed by atoms with Crippen LogP contribution in [0.25, 0.3) is 11.4 Å². The summed E-state index contributed by atoms with van der Waals surface area (Å²) in [5.41, 5.74) is 7.64. The Hall–Kier alpha value is -1.52.